The number of halogens is 1. The second-order valence-electron chi connectivity index (χ2n) is 4.23. The smallest absolute Gasteiger partial charge is 0.331 e. The van der Waals surface area contributed by atoms with Gasteiger partial charge >= 0.3 is 5.97 Å². The molecule has 0 aliphatic heterocycles. The topological polar surface area (TPSA) is 62.2 Å². The van der Waals surface area contributed by atoms with Gasteiger partial charge in [0.2, 0.25) is 0 Å². The number of carbonyl (C=O) groups is 1. The van der Waals surface area contributed by atoms with E-state index in [-0.39, 0.29) is 0 Å². The summed E-state index contributed by atoms with van der Waals surface area (Å²) in [6, 6.07) is 3.45. The van der Waals surface area contributed by atoms with Crippen molar-refractivity contribution in [2.45, 2.75) is 19.9 Å². The highest BCUT2D eigenvalue weighted by Crippen LogP contribution is 2.26. The van der Waals surface area contributed by atoms with Crippen molar-refractivity contribution < 1.29 is 14.3 Å². The maximum Gasteiger partial charge on any atom is 0.331 e. The highest BCUT2D eigenvalue weighted by atomic mass is 32.1. The minimum absolute atomic E-state index is 0.396. The minimum atomic E-state index is -1.02. The number of carboxylic acid groups (broad SMARTS) is 1. The second-order valence-corrected chi connectivity index (χ2v) is 5.12. The van der Waals surface area contributed by atoms with E-state index in [0.29, 0.717) is 16.3 Å². The summed E-state index contributed by atoms with van der Waals surface area (Å²) >= 11 is 1.27. The van der Waals surface area contributed by atoms with E-state index in [1.807, 2.05) is 0 Å². The molecule has 0 saturated heterocycles. The molecule has 0 fully saturated rings. The molecule has 0 amide bonds. The number of nitrogens with zero attached hydrogens (tertiary/aromatic N) is 1. The first-order chi connectivity index (χ1) is 8.97. The van der Waals surface area contributed by atoms with E-state index in [1.165, 1.54) is 23.5 Å². The van der Waals surface area contributed by atoms with E-state index in [2.05, 4.69) is 10.3 Å². The summed E-state index contributed by atoms with van der Waals surface area (Å²) in [6.45, 7) is 3.50. The van der Waals surface area contributed by atoms with Crippen LogP contribution in [0, 0.1) is 19.7 Å². The van der Waals surface area contributed by atoms with Gasteiger partial charge in [-0.2, -0.15) is 0 Å². The number of carboxylic acids is 1. The third-order valence-corrected chi connectivity index (χ3v) is 3.64. The molecule has 0 spiro atoms. The number of nitrogens with one attached hydrogen (secondary N) is 1. The molecule has 6 heteroatoms. The van der Waals surface area contributed by atoms with Gasteiger partial charge in [0.15, 0.2) is 6.04 Å². The van der Waals surface area contributed by atoms with Crippen LogP contribution in [0.3, 0.4) is 0 Å². The second kappa shape index (κ2) is 5.36. The van der Waals surface area contributed by atoms with E-state index in [4.69, 9.17) is 0 Å². The van der Waals surface area contributed by atoms with Crippen LogP contribution in [0.25, 0.3) is 0 Å². The summed E-state index contributed by atoms with van der Waals surface area (Å²) in [6.07, 6.45) is 0. The molecule has 1 aromatic carbocycles. The summed E-state index contributed by atoms with van der Waals surface area (Å²) in [4.78, 5) is 16.0. The molecule has 4 nitrogen and oxygen atoms in total. The zero-order valence-electron chi connectivity index (χ0n) is 10.5. The maximum atomic E-state index is 13.3. The standard InChI is InChI=1S/C13H13FN2O2S/c1-7-3-9(14)5-10(4-7)16-11(13(17)18)12-8(2)15-6-19-12/h3-6,11,16H,1-2H3,(H,17,18). The third kappa shape index (κ3) is 3.08. The predicted octanol–water partition coefficient (Wildman–Crippen LogP) is 3.14. The molecule has 0 bridgehead atoms. The van der Waals surface area contributed by atoms with Crippen LogP contribution < -0.4 is 5.32 Å². The molecular weight excluding hydrogens is 267 g/mol. The summed E-state index contributed by atoms with van der Waals surface area (Å²) in [7, 11) is 0. The Morgan fingerprint density at radius 2 is 2.16 bits per heavy atom. The number of hydrogen-bond donors (Lipinski definition) is 2. The lowest BCUT2D eigenvalue weighted by molar-refractivity contribution is -0.138. The number of rotatable bonds is 4. The van der Waals surface area contributed by atoms with Crippen LogP contribution in [0.1, 0.15) is 22.2 Å². The number of hydrogen-bond acceptors (Lipinski definition) is 4. The van der Waals surface area contributed by atoms with Crippen LogP contribution in [0.15, 0.2) is 23.7 Å². The summed E-state index contributed by atoms with van der Waals surface area (Å²) < 4.78 is 13.3. The Balaban J connectivity index is 2.32. The van der Waals surface area contributed by atoms with Gasteiger partial charge in [0.25, 0.3) is 0 Å². The van der Waals surface area contributed by atoms with Crippen LogP contribution in [-0.4, -0.2) is 16.1 Å². The lowest BCUT2D eigenvalue weighted by atomic mass is 10.1. The van der Waals surface area contributed by atoms with Crippen molar-refractivity contribution in [1.82, 2.24) is 4.98 Å². The zero-order chi connectivity index (χ0) is 14.0. The van der Waals surface area contributed by atoms with Gasteiger partial charge in [-0.05, 0) is 37.6 Å². The number of aryl methyl sites for hydroxylation is 2. The number of anilines is 1. The number of aliphatic carboxylic acids is 1. The highest BCUT2D eigenvalue weighted by molar-refractivity contribution is 7.10. The quantitative estimate of drug-likeness (QED) is 0.903. The SMILES string of the molecule is Cc1cc(F)cc(NC(C(=O)O)c2scnc2C)c1. The fourth-order valence-electron chi connectivity index (χ4n) is 1.81. The fraction of sp³-hybridized carbons (Fsp3) is 0.231. The third-order valence-electron chi connectivity index (χ3n) is 2.64. The summed E-state index contributed by atoms with van der Waals surface area (Å²) in [5, 5.41) is 12.1. The van der Waals surface area contributed by atoms with Crippen molar-refractivity contribution in [1.29, 1.82) is 0 Å². The Bertz CT molecular complexity index is 592. The average Bonchev–Trinajstić information content (AvgIpc) is 2.70. The lowest BCUT2D eigenvalue weighted by Crippen LogP contribution is -2.20. The largest absolute Gasteiger partial charge is 0.479 e. The van der Waals surface area contributed by atoms with Crippen LogP contribution in [0.2, 0.25) is 0 Å². The molecular formula is C13H13FN2O2S. The van der Waals surface area contributed by atoms with Gasteiger partial charge in [-0.3, -0.25) is 0 Å². The van der Waals surface area contributed by atoms with Crippen LogP contribution in [-0.2, 0) is 4.79 Å². The monoisotopic (exact) mass is 280 g/mol. The molecule has 0 aliphatic rings. The van der Waals surface area contributed by atoms with E-state index in [9.17, 15) is 14.3 Å². The molecule has 1 heterocycles. The molecule has 19 heavy (non-hydrogen) atoms. The number of benzene rings is 1. The first-order valence-corrected chi connectivity index (χ1v) is 6.52. The van der Waals surface area contributed by atoms with Crippen molar-refractivity contribution in [3.8, 4) is 0 Å². The highest BCUT2D eigenvalue weighted by Gasteiger charge is 2.23. The Hall–Kier alpha value is -1.95. The first kappa shape index (κ1) is 13.5. The number of aromatic nitrogens is 1. The van der Waals surface area contributed by atoms with Gasteiger partial charge in [-0.1, -0.05) is 0 Å². The average molecular weight is 280 g/mol. The summed E-state index contributed by atoms with van der Waals surface area (Å²) in [5.74, 6) is -1.41. The van der Waals surface area contributed by atoms with Crippen LogP contribution in [0.5, 0.6) is 0 Å². The van der Waals surface area contributed by atoms with Crippen molar-refractivity contribution in [3.05, 3.63) is 45.7 Å². The molecule has 0 aliphatic carbocycles. The molecule has 1 aromatic heterocycles. The van der Waals surface area contributed by atoms with Crippen molar-refractivity contribution in [3.63, 3.8) is 0 Å². The van der Waals surface area contributed by atoms with E-state index in [1.54, 1.807) is 25.4 Å². The Kier molecular flexibility index (Phi) is 3.80. The van der Waals surface area contributed by atoms with E-state index in [0.717, 1.165) is 5.56 Å². The number of thiazole rings is 1. The molecule has 0 radical (unpaired) electrons. The Morgan fingerprint density at radius 1 is 1.42 bits per heavy atom. The van der Waals surface area contributed by atoms with Crippen LogP contribution >= 0.6 is 11.3 Å². The molecule has 1 unspecified atom stereocenters. The molecule has 2 rings (SSSR count). The van der Waals surface area contributed by atoms with Crippen molar-refractivity contribution in [2.75, 3.05) is 5.32 Å². The molecule has 2 N–H and O–H groups in total. The first-order valence-electron chi connectivity index (χ1n) is 5.64. The normalized spacial score (nSPS) is 12.2. The maximum absolute atomic E-state index is 13.3. The zero-order valence-corrected chi connectivity index (χ0v) is 11.3. The van der Waals surface area contributed by atoms with Gasteiger partial charge < -0.3 is 10.4 Å². The fourth-order valence-corrected chi connectivity index (χ4v) is 2.66. The Morgan fingerprint density at radius 3 is 2.68 bits per heavy atom. The van der Waals surface area contributed by atoms with Gasteiger partial charge in [0.1, 0.15) is 5.82 Å². The van der Waals surface area contributed by atoms with Crippen molar-refractivity contribution >= 4 is 23.0 Å². The predicted molar refractivity (Wildman–Crippen MR) is 72.0 cm³/mol. The van der Waals surface area contributed by atoms with E-state index >= 15 is 0 Å². The van der Waals surface area contributed by atoms with Gasteiger partial charge in [-0.15, -0.1) is 11.3 Å². The van der Waals surface area contributed by atoms with Crippen molar-refractivity contribution in [2.24, 2.45) is 0 Å². The van der Waals surface area contributed by atoms with Gasteiger partial charge in [0.05, 0.1) is 16.1 Å². The Labute approximate surface area is 113 Å². The molecule has 0 saturated carbocycles. The molecule has 1 atom stereocenters. The van der Waals surface area contributed by atoms with Gasteiger partial charge in [-0.25, -0.2) is 14.2 Å². The van der Waals surface area contributed by atoms with Gasteiger partial charge in [0, 0.05) is 5.69 Å². The van der Waals surface area contributed by atoms with E-state index < -0.39 is 17.8 Å². The summed E-state index contributed by atoms with van der Waals surface area (Å²) in [5.41, 5.74) is 3.43. The van der Waals surface area contributed by atoms with Crippen LogP contribution in [0.4, 0.5) is 10.1 Å². The molecule has 100 valence electrons. The minimum Gasteiger partial charge on any atom is -0.479 e. The molecule has 2 aromatic rings. The lowest BCUT2D eigenvalue weighted by Gasteiger charge is -2.15.